The topological polar surface area (TPSA) is 0 Å². The van der Waals surface area contributed by atoms with Crippen LogP contribution in [-0.4, -0.2) is 0 Å². The van der Waals surface area contributed by atoms with E-state index in [2.05, 4.69) is 100 Å². The van der Waals surface area contributed by atoms with E-state index in [1.54, 1.807) is 0 Å². The molecule has 30 heavy (non-hydrogen) atoms. The highest BCUT2D eigenvalue weighted by Gasteiger charge is 2.46. The molecule has 0 nitrogen and oxygen atoms in total. The van der Waals surface area contributed by atoms with E-state index >= 15 is 0 Å². The van der Waals surface area contributed by atoms with E-state index in [1.807, 2.05) is 0 Å². The monoisotopic (exact) mass is 384 g/mol. The summed E-state index contributed by atoms with van der Waals surface area (Å²) in [5, 5.41) is 0. The molecule has 0 heterocycles. The molecule has 0 bridgehead atoms. The van der Waals surface area contributed by atoms with Gasteiger partial charge in [-0.1, -0.05) is 100 Å². The summed E-state index contributed by atoms with van der Waals surface area (Å²) >= 11 is 0. The molecule has 0 fully saturated rings. The zero-order valence-electron chi connectivity index (χ0n) is 17.9. The van der Waals surface area contributed by atoms with Gasteiger partial charge in [0.1, 0.15) is 0 Å². The van der Waals surface area contributed by atoms with Crippen LogP contribution in [0.5, 0.6) is 0 Å². The lowest BCUT2D eigenvalue weighted by Crippen LogP contribution is -2.17. The van der Waals surface area contributed by atoms with Crippen LogP contribution in [0.25, 0.3) is 44.5 Å². The summed E-state index contributed by atoms with van der Waals surface area (Å²) in [6, 6.07) is 27.7. The van der Waals surface area contributed by atoms with E-state index in [9.17, 15) is 0 Å². The van der Waals surface area contributed by atoms with Gasteiger partial charge < -0.3 is 0 Å². The minimum atomic E-state index is 0.0107. The quantitative estimate of drug-likeness (QED) is 0.254. The van der Waals surface area contributed by atoms with Gasteiger partial charge in [0.25, 0.3) is 0 Å². The molecule has 0 aliphatic heterocycles. The second kappa shape index (κ2) is 4.95. The van der Waals surface area contributed by atoms with Gasteiger partial charge in [-0.15, -0.1) is 0 Å². The first-order chi connectivity index (χ1) is 14.4. The summed E-state index contributed by atoms with van der Waals surface area (Å²) in [5.41, 5.74) is 17.2. The van der Waals surface area contributed by atoms with Gasteiger partial charge in [-0.2, -0.15) is 0 Å². The van der Waals surface area contributed by atoms with Crippen LogP contribution in [0.1, 0.15) is 49.9 Å². The number of hydrogen-bond acceptors (Lipinski definition) is 0. The average Bonchev–Trinajstić information content (AvgIpc) is 3.13. The van der Waals surface area contributed by atoms with Gasteiger partial charge in [-0.25, -0.2) is 0 Å². The fraction of sp³-hybridized carbons (Fsp3) is 0.200. The number of benzene rings is 4. The number of hydrogen-bond donors (Lipinski definition) is 0. The Kier molecular flexibility index (Phi) is 2.75. The smallest absolute Gasteiger partial charge is 0.0159 e. The molecule has 0 atom stereocenters. The van der Waals surface area contributed by atoms with Gasteiger partial charge in [0.15, 0.2) is 0 Å². The second-order valence-corrected chi connectivity index (χ2v) is 10.2. The predicted molar refractivity (Wildman–Crippen MR) is 126 cm³/mol. The summed E-state index contributed by atoms with van der Waals surface area (Å²) < 4.78 is 0. The molecule has 0 amide bonds. The molecule has 0 unspecified atom stereocenters. The summed E-state index contributed by atoms with van der Waals surface area (Å²) in [7, 11) is 0. The Morgan fingerprint density at radius 2 is 0.733 bits per heavy atom. The highest BCUT2D eigenvalue weighted by atomic mass is 14.5. The maximum atomic E-state index is 2.42. The fourth-order valence-electron chi connectivity index (χ4n) is 6.54. The molecule has 3 aliphatic carbocycles. The standard InChI is InChI=1S/C30H24/c1-29(2)21-13-7-11-19-17-9-5-6-10-18(17)20-12-8-14-22-26(20)28-24(30(22,3)4)16-15-23(29)27(28)25(19)21/h5-16H,1-4H3. The number of fused-ring (bicyclic) bond motifs is 3. The van der Waals surface area contributed by atoms with Crippen molar-refractivity contribution in [3.8, 4) is 44.5 Å². The molecular formula is C30H24. The summed E-state index contributed by atoms with van der Waals surface area (Å²) in [4.78, 5) is 0. The SMILES string of the molecule is CC1(C)c2cccc3c2-c2c1ccc1c2-c2c(cccc2C1(C)C)-c1ccccc1-3. The summed E-state index contributed by atoms with van der Waals surface area (Å²) in [6.45, 7) is 9.57. The Hall–Kier alpha value is -3.12. The molecule has 0 heteroatoms. The first-order valence-corrected chi connectivity index (χ1v) is 11.0. The van der Waals surface area contributed by atoms with Crippen LogP contribution >= 0.6 is 0 Å². The zero-order valence-corrected chi connectivity index (χ0v) is 17.9. The Morgan fingerprint density at radius 3 is 1.17 bits per heavy atom. The van der Waals surface area contributed by atoms with Gasteiger partial charge in [0, 0.05) is 10.8 Å². The lowest BCUT2D eigenvalue weighted by Gasteiger charge is -2.24. The molecule has 7 rings (SSSR count). The summed E-state index contributed by atoms with van der Waals surface area (Å²) in [5.74, 6) is 0. The van der Waals surface area contributed by atoms with E-state index in [-0.39, 0.29) is 10.8 Å². The van der Waals surface area contributed by atoms with Crippen LogP contribution in [0.4, 0.5) is 0 Å². The minimum absolute atomic E-state index is 0.0107. The molecule has 144 valence electrons. The lowest BCUT2D eigenvalue weighted by molar-refractivity contribution is 0.651. The van der Waals surface area contributed by atoms with Crippen LogP contribution in [-0.2, 0) is 10.8 Å². The van der Waals surface area contributed by atoms with E-state index in [0.717, 1.165) is 0 Å². The lowest BCUT2D eigenvalue weighted by atomic mass is 9.79. The normalized spacial score (nSPS) is 17.2. The van der Waals surface area contributed by atoms with E-state index in [4.69, 9.17) is 0 Å². The largest absolute Gasteiger partial charge is 0.0616 e. The van der Waals surface area contributed by atoms with E-state index in [1.165, 1.54) is 66.8 Å². The Morgan fingerprint density at radius 1 is 0.367 bits per heavy atom. The van der Waals surface area contributed by atoms with Gasteiger partial charge in [-0.05, 0) is 66.8 Å². The van der Waals surface area contributed by atoms with Crippen molar-refractivity contribution in [3.05, 3.63) is 95.1 Å². The van der Waals surface area contributed by atoms with Crippen molar-refractivity contribution in [2.45, 2.75) is 38.5 Å². The minimum Gasteiger partial charge on any atom is -0.0616 e. The maximum absolute atomic E-state index is 2.42. The zero-order chi connectivity index (χ0) is 20.4. The van der Waals surface area contributed by atoms with Gasteiger partial charge in [0.05, 0.1) is 0 Å². The predicted octanol–water partition coefficient (Wildman–Crippen LogP) is 7.95. The highest BCUT2D eigenvalue weighted by Crippen LogP contribution is 2.63. The molecule has 0 N–H and O–H groups in total. The third-order valence-electron chi connectivity index (χ3n) is 8.04. The van der Waals surface area contributed by atoms with Crippen molar-refractivity contribution in [2.24, 2.45) is 0 Å². The molecular weight excluding hydrogens is 360 g/mol. The second-order valence-electron chi connectivity index (χ2n) is 10.2. The Bertz CT molecular complexity index is 1320. The molecule has 3 aliphatic rings. The molecule has 0 aromatic heterocycles. The molecule has 4 aromatic rings. The molecule has 0 saturated heterocycles. The van der Waals surface area contributed by atoms with Crippen molar-refractivity contribution < 1.29 is 0 Å². The first-order valence-electron chi connectivity index (χ1n) is 11.0. The molecule has 4 aromatic carbocycles. The van der Waals surface area contributed by atoms with Gasteiger partial charge in [0.2, 0.25) is 0 Å². The third-order valence-corrected chi connectivity index (χ3v) is 8.04. The van der Waals surface area contributed by atoms with Gasteiger partial charge in [-0.3, -0.25) is 0 Å². The molecule has 0 radical (unpaired) electrons. The van der Waals surface area contributed by atoms with Crippen LogP contribution in [0.15, 0.2) is 72.8 Å². The van der Waals surface area contributed by atoms with Crippen molar-refractivity contribution in [1.82, 2.24) is 0 Å². The van der Waals surface area contributed by atoms with E-state index in [0.29, 0.717) is 0 Å². The first kappa shape index (κ1) is 16.7. The Balaban J connectivity index is 1.82. The van der Waals surface area contributed by atoms with Crippen LogP contribution in [0.2, 0.25) is 0 Å². The van der Waals surface area contributed by atoms with Crippen LogP contribution in [0, 0.1) is 0 Å². The number of rotatable bonds is 0. The van der Waals surface area contributed by atoms with Crippen molar-refractivity contribution >= 4 is 0 Å². The Labute approximate surface area is 178 Å². The van der Waals surface area contributed by atoms with Crippen molar-refractivity contribution in [1.29, 1.82) is 0 Å². The van der Waals surface area contributed by atoms with Gasteiger partial charge >= 0.3 is 0 Å². The summed E-state index contributed by atoms with van der Waals surface area (Å²) in [6.07, 6.45) is 0. The van der Waals surface area contributed by atoms with Crippen LogP contribution < -0.4 is 0 Å². The maximum Gasteiger partial charge on any atom is 0.0159 e. The fourth-order valence-corrected chi connectivity index (χ4v) is 6.54. The molecule has 0 saturated carbocycles. The van der Waals surface area contributed by atoms with Crippen molar-refractivity contribution in [2.75, 3.05) is 0 Å². The molecule has 0 spiro atoms. The van der Waals surface area contributed by atoms with Crippen LogP contribution in [0.3, 0.4) is 0 Å². The highest BCUT2D eigenvalue weighted by molar-refractivity contribution is 6.10. The van der Waals surface area contributed by atoms with E-state index < -0.39 is 0 Å². The average molecular weight is 385 g/mol. The van der Waals surface area contributed by atoms with Crippen molar-refractivity contribution in [3.63, 3.8) is 0 Å². The third kappa shape index (κ3) is 1.64.